The van der Waals surface area contributed by atoms with Gasteiger partial charge in [0.15, 0.2) is 6.29 Å². The molecule has 4 heteroatoms. The molecule has 1 N–H and O–H groups in total. The number of fused-ring (bicyclic) bond motifs is 1. The van der Waals surface area contributed by atoms with Crippen molar-refractivity contribution in [3.8, 4) is 11.5 Å². The van der Waals surface area contributed by atoms with Gasteiger partial charge >= 0.3 is 0 Å². The fourth-order valence-electron chi connectivity index (χ4n) is 2.20. The fraction of sp³-hybridized carbons (Fsp3) is 0.0588. The minimum Gasteiger partial charge on any atom is -0.457 e. The molecule has 2 aromatic carbocycles. The molecule has 3 rings (SSSR count). The number of aldehydes is 1. The molecule has 1 heterocycles. The van der Waals surface area contributed by atoms with Crippen LogP contribution < -0.4 is 10.1 Å². The van der Waals surface area contributed by atoms with Crippen LogP contribution in [-0.4, -0.2) is 18.3 Å². The zero-order valence-electron chi connectivity index (χ0n) is 11.5. The fourth-order valence-corrected chi connectivity index (χ4v) is 2.20. The van der Waals surface area contributed by atoms with Gasteiger partial charge in [-0.15, -0.1) is 0 Å². The highest BCUT2D eigenvalue weighted by Crippen LogP contribution is 2.27. The number of benzene rings is 2. The van der Waals surface area contributed by atoms with Gasteiger partial charge in [0.1, 0.15) is 17.3 Å². The maximum atomic E-state index is 11.0. The lowest BCUT2D eigenvalue weighted by Crippen LogP contribution is -1.92. The molecule has 0 bridgehead atoms. The minimum absolute atomic E-state index is 0.681. The molecule has 0 amide bonds. The molecule has 0 aliphatic rings. The van der Waals surface area contributed by atoms with E-state index >= 15 is 0 Å². The molecule has 3 aromatic rings. The van der Waals surface area contributed by atoms with Gasteiger partial charge in [0.25, 0.3) is 0 Å². The Morgan fingerprint density at radius 2 is 1.95 bits per heavy atom. The van der Waals surface area contributed by atoms with Gasteiger partial charge in [0.2, 0.25) is 0 Å². The summed E-state index contributed by atoms with van der Waals surface area (Å²) >= 11 is 0. The van der Waals surface area contributed by atoms with Crippen molar-refractivity contribution in [3.63, 3.8) is 0 Å². The van der Waals surface area contributed by atoms with Gasteiger partial charge in [0.05, 0.1) is 0 Å². The lowest BCUT2D eigenvalue weighted by molar-refractivity contribution is 0.112. The first-order chi connectivity index (χ1) is 10.3. The van der Waals surface area contributed by atoms with Gasteiger partial charge in [-0.25, -0.2) is 4.98 Å². The van der Waals surface area contributed by atoms with E-state index in [4.69, 9.17) is 4.74 Å². The maximum Gasteiger partial charge on any atom is 0.150 e. The molecular weight excluding hydrogens is 264 g/mol. The summed E-state index contributed by atoms with van der Waals surface area (Å²) in [5, 5.41) is 4.86. The Bertz CT molecular complexity index is 800. The van der Waals surface area contributed by atoms with Gasteiger partial charge in [-0.05, 0) is 35.0 Å². The SMILES string of the molecule is CNc1cc(Oc2ccc3c(C=O)cccc3c2)ccn1. The van der Waals surface area contributed by atoms with Crippen LogP contribution in [0, 0.1) is 0 Å². The van der Waals surface area contributed by atoms with Crippen LogP contribution in [0.4, 0.5) is 5.82 Å². The Morgan fingerprint density at radius 3 is 2.76 bits per heavy atom. The zero-order chi connectivity index (χ0) is 14.7. The van der Waals surface area contributed by atoms with E-state index in [-0.39, 0.29) is 0 Å². The van der Waals surface area contributed by atoms with Gasteiger partial charge in [-0.3, -0.25) is 4.79 Å². The number of pyridine rings is 1. The third-order valence-electron chi connectivity index (χ3n) is 3.24. The van der Waals surface area contributed by atoms with Crippen LogP contribution >= 0.6 is 0 Å². The molecule has 4 nitrogen and oxygen atoms in total. The normalized spacial score (nSPS) is 10.3. The average molecular weight is 278 g/mol. The second-order valence-electron chi connectivity index (χ2n) is 4.58. The van der Waals surface area contributed by atoms with Crippen molar-refractivity contribution in [1.82, 2.24) is 4.98 Å². The molecule has 0 aliphatic heterocycles. The summed E-state index contributed by atoms with van der Waals surface area (Å²) in [6, 6.07) is 14.9. The summed E-state index contributed by atoms with van der Waals surface area (Å²) in [5.41, 5.74) is 0.681. The van der Waals surface area contributed by atoms with Crippen molar-refractivity contribution in [3.05, 3.63) is 60.3 Å². The third-order valence-corrected chi connectivity index (χ3v) is 3.24. The first kappa shape index (κ1) is 13.1. The van der Waals surface area contributed by atoms with E-state index in [9.17, 15) is 4.79 Å². The summed E-state index contributed by atoms with van der Waals surface area (Å²) in [7, 11) is 1.81. The Kier molecular flexibility index (Phi) is 3.51. The van der Waals surface area contributed by atoms with Crippen molar-refractivity contribution in [1.29, 1.82) is 0 Å². The average Bonchev–Trinajstić information content (AvgIpc) is 2.54. The summed E-state index contributed by atoms with van der Waals surface area (Å²) in [6.45, 7) is 0. The van der Waals surface area contributed by atoms with Crippen molar-refractivity contribution in [2.75, 3.05) is 12.4 Å². The molecule has 21 heavy (non-hydrogen) atoms. The van der Waals surface area contributed by atoms with E-state index in [2.05, 4.69) is 10.3 Å². The standard InChI is InChI=1S/C17H14N2O2/c1-18-17-10-15(7-8-19-17)21-14-5-6-16-12(9-14)3-2-4-13(16)11-20/h2-11H,1H3,(H,18,19). The highest BCUT2D eigenvalue weighted by Gasteiger charge is 2.03. The van der Waals surface area contributed by atoms with Crippen molar-refractivity contribution in [2.24, 2.45) is 0 Å². The number of carbonyl (C=O) groups excluding carboxylic acids is 1. The van der Waals surface area contributed by atoms with Gasteiger partial charge in [0, 0.05) is 24.9 Å². The smallest absolute Gasteiger partial charge is 0.150 e. The summed E-state index contributed by atoms with van der Waals surface area (Å²) in [5.74, 6) is 2.18. The first-order valence-electron chi connectivity index (χ1n) is 6.60. The van der Waals surface area contributed by atoms with Crippen molar-refractivity contribution in [2.45, 2.75) is 0 Å². The van der Waals surface area contributed by atoms with Crippen LogP contribution in [0.1, 0.15) is 10.4 Å². The maximum absolute atomic E-state index is 11.0. The summed E-state index contributed by atoms with van der Waals surface area (Å²) < 4.78 is 5.83. The number of hydrogen-bond donors (Lipinski definition) is 1. The minimum atomic E-state index is 0.681. The molecule has 1 aromatic heterocycles. The second-order valence-corrected chi connectivity index (χ2v) is 4.58. The van der Waals surface area contributed by atoms with E-state index in [1.807, 2.05) is 43.4 Å². The molecule has 0 unspecified atom stereocenters. The molecule has 0 aliphatic carbocycles. The molecule has 104 valence electrons. The molecule has 0 saturated carbocycles. The Hall–Kier alpha value is -2.88. The van der Waals surface area contributed by atoms with Gasteiger partial charge < -0.3 is 10.1 Å². The van der Waals surface area contributed by atoms with Crippen LogP contribution in [0.15, 0.2) is 54.7 Å². The molecule has 0 fully saturated rings. The molecule has 0 spiro atoms. The van der Waals surface area contributed by atoms with E-state index < -0.39 is 0 Å². The monoisotopic (exact) mass is 278 g/mol. The lowest BCUT2D eigenvalue weighted by Gasteiger charge is -2.08. The number of anilines is 1. The van der Waals surface area contributed by atoms with E-state index in [0.29, 0.717) is 11.3 Å². The van der Waals surface area contributed by atoms with Gasteiger partial charge in [-0.2, -0.15) is 0 Å². The second kappa shape index (κ2) is 5.63. The topological polar surface area (TPSA) is 51.2 Å². The Labute approximate surface area is 122 Å². The first-order valence-corrected chi connectivity index (χ1v) is 6.60. The highest BCUT2D eigenvalue weighted by molar-refractivity contribution is 5.98. The predicted molar refractivity (Wildman–Crippen MR) is 83.2 cm³/mol. The predicted octanol–water partition coefficient (Wildman–Crippen LogP) is 3.88. The summed E-state index contributed by atoms with van der Waals surface area (Å²) in [6.07, 6.45) is 2.55. The van der Waals surface area contributed by atoms with Crippen molar-refractivity contribution >= 4 is 22.9 Å². The lowest BCUT2D eigenvalue weighted by atomic mass is 10.1. The van der Waals surface area contributed by atoms with E-state index in [0.717, 1.165) is 28.6 Å². The molecule has 0 saturated heterocycles. The van der Waals surface area contributed by atoms with Crippen molar-refractivity contribution < 1.29 is 9.53 Å². The van der Waals surface area contributed by atoms with Gasteiger partial charge in [-0.1, -0.05) is 18.2 Å². The third kappa shape index (κ3) is 2.69. The highest BCUT2D eigenvalue weighted by atomic mass is 16.5. The van der Waals surface area contributed by atoms with Crippen LogP contribution in [-0.2, 0) is 0 Å². The number of nitrogens with zero attached hydrogens (tertiary/aromatic N) is 1. The van der Waals surface area contributed by atoms with Crippen LogP contribution in [0.3, 0.4) is 0 Å². The summed E-state index contributed by atoms with van der Waals surface area (Å²) in [4.78, 5) is 15.2. The van der Waals surface area contributed by atoms with Crippen LogP contribution in [0.2, 0.25) is 0 Å². The number of rotatable bonds is 4. The Balaban J connectivity index is 1.96. The molecular formula is C17H14N2O2. The number of nitrogens with one attached hydrogen (secondary N) is 1. The van der Waals surface area contributed by atoms with E-state index in [1.54, 1.807) is 18.3 Å². The Morgan fingerprint density at radius 1 is 1.10 bits per heavy atom. The molecule has 0 atom stereocenters. The van der Waals surface area contributed by atoms with Crippen LogP contribution in [0.25, 0.3) is 10.8 Å². The quantitative estimate of drug-likeness (QED) is 0.736. The molecule has 0 radical (unpaired) electrons. The number of aromatic nitrogens is 1. The largest absolute Gasteiger partial charge is 0.457 e. The van der Waals surface area contributed by atoms with Crippen LogP contribution in [0.5, 0.6) is 11.5 Å². The number of hydrogen-bond acceptors (Lipinski definition) is 4. The number of carbonyl (C=O) groups is 1. The zero-order valence-corrected chi connectivity index (χ0v) is 11.5. The van der Waals surface area contributed by atoms with E-state index in [1.165, 1.54) is 0 Å². The number of ether oxygens (including phenoxy) is 1.